The Hall–Kier alpha value is -1.79. The van der Waals surface area contributed by atoms with Crippen LogP contribution < -0.4 is 10.6 Å². The lowest BCUT2D eigenvalue weighted by Crippen LogP contribution is -2.34. The zero-order chi connectivity index (χ0) is 14.5. The summed E-state index contributed by atoms with van der Waals surface area (Å²) in [6.07, 6.45) is 0. The van der Waals surface area contributed by atoms with Crippen molar-refractivity contribution in [3.63, 3.8) is 0 Å². The van der Waals surface area contributed by atoms with Crippen LogP contribution in [0.25, 0.3) is 0 Å². The molecule has 2 aromatic carbocycles. The van der Waals surface area contributed by atoms with E-state index in [0.717, 1.165) is 10.2 Å². The molecule has 0 heterocycles. The fraction of sp³-hybridized carbons (Fsp3) is 0. The van der Waals surface area contributed by atoms with Gasteiger partial charge in [0.25, 0.3) is 5.91 Å². The smallest absolute Gasteiger partial charge is 0.257 e. The Labute approximate surface area is 129 Å². The first-order valence-electron chi connectivity index (χ1n) is 5.68. The minimum atomic E-state index is -0.392. The summed E-state index contributed by atoms with van der Waals surface area (Å²) in [5, 5.41) is 5.60. The average Bonchev–Trinajstić information content (AvgIpc) is 2.39. The van der Waals surface area contributed by atoms with Crippen molar-refractivity contribution in [2.24, 2.45) is 0 Å². The predicted molar refractivity (Wildman–Crippen MR) is 84.2 cm³/mol. The summed E-state index contributed by atoms with van der Waals surface area (Å²) in [5.74, 6) is -0.783. The maximum absolute atomic E-state index is 12.8. The molecular formula is C14H10BrFN2OS. The fourth-order valence-electron chi connectivity index (χ4n) is 1.51. The molecule has 3 nitrogen and oxygen atoms in total. The van der Waals surface area contributed by atoms with Crippen molar-refractivity contribution in [2.45, 2.75) is 0 Å². The number of anilines is 1. The third kappa shape index (κ3) is 4.11. The lowest BCUT2D eigenvalue weighted by atomic mass is 10.2. The Bertz CT molecular complexity index is 646. The molecule has 20 heavy (non-hydrogen) atoms. The predicted octanol–water partition coefficient (Wildman–Crippen LogP) is 3.72. The van der Waals surface area contributed by atoms with Crippen LogP contribution in [0.2, 0.25) is 0 Å². The Morgan fingerprint density at radius 2 is 1.85 bits per heavy atom. The highest BCUT2D eigenvalue weighted by atomic mass is 79.9. The Balaban J connectivity index is 1.97. The van der Waals surface area contributed by atoms with E-state index in [0.29, 0.717) is 5.56 Å². The second-order valence-corrected chi connectivity index (χ2v) is 5.25. The van der Waals surface area contributed by atoms with Gasteiger partial charge in [-0.3, -0.25) is 10.1 Å². The highest BCUT2D eigenvalue weighted by Crippen LogP contribution is 2.15. The summed E-state index contributed by atoms with van der Waals surface area (Å²) in [6, 6.07) is 12.6. The maximum atomic E-state index is 12.8. The molecule has 0 bridgehead atoms. The normalized spacial score (nSPS) is 9.90. The van der Waals surface area contributed by atoms with Gasteiger partial charge in [0.05, 0.1) is 0 Å². The van der Waals surface area contributed by atoms with E-state index in [2.05, 4.69) is 26.6 Å². The molecule has 0 unspecified atom stereocenters. The van der Waals surface area contributed by atoms with Gasteiger partial charge < -0.3 is 5.32 Å². The zero-order valence-corrected chi connectivity index (χ0v) is 12.6. The lowest BCUT2D eigenvalue weighted by Gasteiger charge is -2.09. The topological polar surface area (TPSA) is 41.1 Å². The summed E-state index contributed by atoms with van der Waals surface area (Å²) in [4.78, 5) is 11.9. The molecule has 0 aliphatic heterocycles. The van der Waals surface area contributed by atoms with E-state index in [-0.39, 0.29) is 5.11 Å². The largest absolute Gasteiger partial charge is 0.332 e. The molecular weight excluding hydrogens is 343 g/mol. The molecule has 0 saturated carbocycles. The molecule has 1 amide bonds. The molecule has 2 rings (SSSR count). The second-order valence-electron chi connectivity index (χ2n) is 3.93. The molecule has 0 aliphatic rings. The molecule has 0 aromatic heterocycles. The highest BCUT2D eigenvalue weighted by molar-refractivity contribution is 9.10. The van der Waals surface area contributed by atoms with E-state index in [1.165, 1.54) is 24.3 Å². The van der Waals surface area contributed by atoms with E-state index < -0.39 is 11.7 Å². The van der Waals surface area contributed by atoms with Crippen molar-refractivity contribution in [3.05, 3.63) is 64.4 Å². The maximum Gasteiger partial charge on any atom is 0.257 e. The van der Waals surface area contributed by atoms with E-state index >= 15 is 0 Å². The Kier molecular flexibility index (Phi) is 4.81. The van der Waals surface area contributed by atoms with Gasteiger partial charge in [-0.05, 0) is 54.7 Å². The van der Waals surface area contributed by atoms with E-state index in [9.17, 15) is 9.18 Å². The van der Waals surface area contributed by atoms with Crippen LogP contribution in [0.3, 0.4) is 0 Å². The van der Waals surface area contributed by atoms with Crippen LogP contribution in [0.15, 0.2) is 53.0 Å². The van der Waals surface area contributed by atoms with Gasteiger partial charge in [0.2, 0.25) is 0 Å². The molecule has 102 valence electrons. The van der Waals surface area contributed by atoms with Crippen molar-refractivity contribution >= 4 is 44.9 Å². The number of carbonyl (C=O) groups excluding carboxylic acids is 1. The molecule has 6 heteroatoms. The summed E-state index contributed by atoms with van der Waals surface area (Å²) < 4.78 is 13.7. The minimum Gasteiger partial charge on any atom is -0.332 e. The van der Waals surface area contributed by atoms with Gasteiger partial charge in [-0.15, -0.1) is 0 Å². The number of thiocarbonyl (C=S) groups is 1. The van der Waals surface area contributed by atoms with Gasteiger partial charge in [-0.1, -0.05) is 22.0 Å². The molecule has 0 fully saturated rings. The van der Waals surface area contributed by atoms with Crippen molar-refractivity contribution < 1.29 is 9.18 Å². The Morgan fingerprint density at radius 1 is 1.15 bits per heavy atom. The number of carbonyl (C=O) groups is 1. The van der Waals surface area contributed by atoms with Gasteiger partial charge >= 0.3 is 0 Å². The van der Waals surface area contributed by atoms with Crippen LogP contribution >= 0.6 is 28.1 Å². The van der Waals surface area contributed by atoms with Crippen LogP contribution in [0.5, 0.6) is 0 Å². The summed E-state index contributed by atoms with van der Waals surface area (Å²) >= 11 is 8.39. The van der Waals surface area contributed by atoms with Gasteiger partial charge in [-0.25, -0.2) is 4.39 Å². The van der Waals surface area contributed by atoms with E-state index in [1.807, 2.05) is 24.3 Å². The lowest BCUT2D eigenvalue weighted by molar-refractivity contribution is 0.0977. The van der Waals surface area contributed by atoms with Gasteiger partial charge in [0.1, 0.15) is 5.82 Å². The van der Waals surface area contributed by atoms with E-state index in [1.54, 1.807) is 0 Å². The number of benzene rings is 2. The quantitative estimate of drug-likeness (QED) is 0.809. The van der Waals surface area contributed by atoms with Crippen molar-refractivity contribution in [1.29, 1.82) is 0 Å². The fourth-order valence-corrected chi connectivity index (χ4v) is 2.11. The van der Waals surface area contributed by atoms with Crippen molar-refractivity contribution in [3.8, 4) is 0 Å². The molecule has 0 aliphatic carbocycles. The molecule has 0 atom stereocenters. The monoisotopic (exact) mass is 352 g/mol. The first-order valence-corrected chi connectivity index (χ1v) is 6.88. The van der Waals surface area contributed by atoms with Crippen LogP contribution in [0.4, 0.5) is 10.1 Å². The summed E-state index contributed by atoms with van der Waals surface area (Å²) in [7, 11) is 0. The van der Waals surface area contributed by atoms with Crippen molar-refractivity contribution in [1.82, 2.24) is 5.32 Å². The molecule has 0 saturated heterocycles. The minimum absolute atomic E-state index is 0.178. The summed E-state index contributed by atoms with van der Waals surface area (Å²) in [6.45, 7) is 0. The number of amides is 1. The highest BCUT2D eigenvalue weighted by Gasteiger charge is 2.08. The van der Waals surface area contributed by atoms with Crippen LogP contribution in [-0.2, 0) is 0 Å². The first-order chi connectivity index (χ1) is 9.54. The number of nitrogens with one attached hydrogen (secondary N) is 2. The van der Waals surface area contributed by atoms with Gasteiger partial charge in [0.15, 0.2) is 5.11 Å². The molecule has 0 radical (unpaired) electrons. The molecule has 2 N–H and O–H groups in total. The first kappa shape index (κ1) is 14.6. The molecule has 2 aromatic rings. The number of hydrogen-bond acceptors (Lipinski definition) is 2. The second kappa shape index (κ2) is 6.58. The Morgan fingerprint density at radius 3 is 2.50 bits per heavy atom. The standard InChI is InChI=1S/C14H10BrFN2OS/c15-10-2-1-3-12(8-10)17-14(20)18-13(19)9-4-6-11(16)7-5-9/h1-8H,(H2,17,18,19,20). The van der Waals surface area contributed by atoms with E-state index in [4.69, 9.17) is 12.2 Å². The molecule has 0 spiro atoms. The third-order valence-corrected chi connectivity index (χ3v) is 3.11. The summed E-state index contributed by atoms with van der Waals surface area (Å²) in [5.41, 5.74) is 1.09. The van der Waals surface area contributed by atoms with Gasteiger partial charge in [0, 0.05) is 15.7 Å². The zero-order valence-electron chi connectivity index (χ0n) is 10.2. The van der Waals surface area contributed by atoms with Crippen molar-refractivity contribution in [2.75, 3.05) is 5.32 Å². The number of halogens is 2. The van der Waals surface area contributed by atoms with Crippen LogP contribution in [0, 0.1) is 5.82 Å². The van der Waals surface area contributed by atoms with Crippen LogP contribution in [-0.4, -0.2) is 11.0 Å². The number of rotatable bonds is 2. The number of hydrogen-bond donors (Lipinski definition) is 2. The van der Waals surface area contributed by atoms with Crippen LogP contribution in [0.1, 0.15) is 10.4 Å². The third-order valence-electron chi connectivity index (χ3n) is 2.42. The van der Waals surface area contributed by atoms with Gasteiger partial charge in [-0.2, -0.15) is 0 Å². The average molecular weight is 353 g/mol. The SMILES string of the molecule is O=C(NC(=S)Nc1cccc(Br)c1)c1ccc(F)cc1.